The molecule has 0 amide bonds. The SMILES string of the molecule is CCC(F)COc1ccc(OCCOC)c(F)c1F. The van der Waals surface area contributed by atoms with Crippen molar-refractivity contribution >= 4 is 0 Å². The van der Waals surface area contributed by atoms with Crippen LogP contribution in [0.3, 0.4) is 0 Å². The topological polar surface area (TPSA) is 27.7 Å². The van der Waals surface area contributed by atoms with Crippen LogP contribution in [-0.2, 0) is 4.74 Å². The molecule has 1 unspecified atom stereocenters. The van der Waals surface area contributed by atoms with Crippen LogP contribution < -0.4 is 9.47 Å². The molecule has 6 heteroatoms. The molecule has 0 saturated carbocycles. The zero-order valence-corrected chi connectivity index (χ0v) is 10.9. The highest BCUT2D eigenvalue weighted by atomic mass is 19.2. The van der Waals surface area contributed by atoms with Crippen LogP contribution in [0.1, 0.15) is 13.3 Å². The Hall–Kier alpha value is -1.43. The van der Waals surface area contributed by atoms with E-state index in [-0.39, 0.29) is 37.7 Å². The first-order valence-corrected chi connectivity index (χ1v) is 5.96. The minimum absolute atomic E-state index is 0.107. The second-order valence-corrected chi connectivity index (χ2v) is 3.85. The standard InChI is InChI=1S/C13H17F3O3/c1-3-9(14)8-19-11-5-4-10(12(15)13(11)16)18-7-6-17-2/h4-5,9H,3,6-8H2,1-2H3. The Morgan fingerprint density at radius 1 is 1.05 bits per heavy atom. The van der Waals surface area contributed by atoms with Gasteiger partial charge in [-0.15, -0.1) is 0 Å². The van der Waals surface area contributed by atoms with Gasteiger partial charge in [0.2, 0.25) is 11.6 Å². The van der Waals surface area contributed by atoms with Gasteiger partial charge in [0, 0.05) is 7.11 Å². The van der Waals surface area contributed by atoms with Crippen LogP contribution in [0.25, 0.3) is 0 Å². The summed E-state index contributed by atoms with van der Waals surface area (Å²) in [5, 5.41) is 0. The fraction of sp³-hybridized carbons (Fsp3) is 0.538. The van der Waals surface area contributed by atoms with E-state index in [1.165, 1.54) is 19.2 Å². The van der Waals surface area contributed by atoms with Crippen molar-refractivity contribution in [2.75, 3.05) is 26.9 Å². The smallest absolute Gasteiger partial charge is 0.204 e. The summed E-state index contributed by atoms with van der Waals surface area (Å²) in [5.41, 5.74) is 0. The van der Waals surface area contributed by atoms with Crippen LogP contribution in [0.5, 0.6) is 11.5 Å². The van der Waals surface area contributed by atoms with Gasteiger partial charge in [-0.1, -0.05) is 6.92 Å². The lowest BCUT2D eigenvalue weighted by Crippen LogP contribution is -2.13. The van der Waals surface area contributed by atoms with Crippen LogP contribution in [-0.4, -0.2) is 33.1 Å². The van der Waals surface area contributed by atoms with Crippen molar-refractivity contribution in [3.05, 3.63) is 23.8 Å². The molecule has 108 valence electrons. The number of rotatable bonds is 8. The zero-order chi connectivity index (χ0) is 14.3. The average molecular weight is 278 g/mol. The van der Waals surface area contributed by atoms with Gasteiger partial charge in [0.25, 0.3) is 0 Å². The average Bonchev–Trinajstić information content (AvgIpc) is 2.42. The van der Waals surface area contributed by atoms with E-state index in [0.29, 0.717) is 0 Å². The second-order valence-electron chi connectivity index (χ2n) is 3.85. The molecule has 0 aliphatic rings. The summed E-state index contributed by atoms with van der Waals surface area (Å²) in [6.45, 7) is 1.70. The normalized spacial score (nSPS) is 12.3. The highest BCUT2D eigenvalue weighted by molar-refractivity contribution is 5.35. The highest BCUT2D eigenvalue weighted by Crippen LogP contribution is 2.27. The number of methoxy groups -OCH3 is 1. The molecule has 0 saturated heterocycles. The molecule has 0 radical (unpaired) electrons. The molecular weight excluding hydrogens is 261 g/mol. The number of alkyl halides is 1. The minimum Gasteiger partial charge on any atom is -0.488 e. The maximum absolute atomic E-state index is 13.6. The Balaban J connectivity index is 2.68. The lowest BCUT2D eigenvalue weighted by Gasteiger charge is -2.12. The Kier molecular flexibility index (Phi) is 6.49. The van der Waals surface area contributed by atoms with Crippen molar-refractivity contribution < 1.29 is 27.4 Å². The predicted octanol–water partition coefficient (Wildman–Crippen LogP) is 3.12. The first kappa shape index (κ1) is 15.6. The number of halogens is 3. The third-order valence-electron chi connectivity index (χ3n) is 2.42. The van der Waals surface area contributed by atoms with E-state index in [1.54, 1.807) is 6.92 Å². The van der Waals surface area contributed by atoms with Gasteiger partial charge >= 0.3 is 0 Å². The van der Waals surface area contributed by atoms with Crippen molar-refractivity contribution in [1.82, 2.24) is 0 Å². The minimum atomic E-state index is -1.21. The van der Waals surface area contributed by atoms with E-state index in [4.69, 9.17) is 14.2 Å². The Bertz CT molecular complexity index is 399. The van der Waals surface area contributed by atoms with Crippen LogP contribution in [0, 0.1) is 11.6 Å². The molecule has 1 atom stereocenters. The second kappa shape index (κ2) is 7.89. The first-order chi connectivity index (χ1) is 9.10. The largest absolute Gasteiger partial charge is 0.488 e. The van der Waals surface area contributed by atoms with Gasteiger partial charge in [-0.2, -0.15) is 8.78 Å². The molecule has 0 aromatic heterocycles. The molecule has 1 aromatic rings. The zero-order valence-electron chi connectivity index (χ0n) is 10.9. The van der Waals surface area contributed by atoms with E-state index in [1.807, 2.05) is 0 Å². The number of hydrogen-bond donors (Lipinski definition) is 0. The van der Waals surface area contributed by atoms with Crippen molar-refractivity contribution in [1.29, 1.82) is 0 Å². The maximum Gasteiger partial charge on any atom is 0.204 e. The van der Waals surface area contributed by atoms with Gasteiger partial charge in [0.05, 0.1) is 6.61 Å². The molecule has 0 fully saturated rings. The van der Waals surface area contributed by atoms with Crippen molar-refractivity contribution in [2.24, 2.45) is 0 Å². The molecule has 19 heavy (non-hydrogen) atoms. The number of ether oxygens (including phenoxy) is 3. The molecular formula is C13H17F3O3. The lowest BCUT2D eigenvalue weighted by atomic mass is 10.3. The van der Waals surface area contributed by atoms with Gasteiger partial charge in [0.15, 0.2) is 11.5 Å². The van der Waals surface area contributed by atoms with E-state index >= 15 is 0 Å². The summed E-state index contributed by atoms with van der Waals surface area (Å²) in [6, 6.07) is 2.45. The summed E-state index contributed by atoms with van der Waals surface area (Å²) < 4.78 is 54.7. The summed E-state index contributed by atoms with van der Waals surface area (Å²) in [7, 11) is 1.47. The fourth-order valence-corrected chi connectivity index (χ4v) is 1.27. The Morgan fingerprint density at radius 2 is 1.63 bits per heavy atom. The molecule has 0 heterocycles. The fourth-order valence-electron chi connectivity index (χ4n) is 1.27. The van der Waals surface area contributed by atoms with Crippen molar-refractivity contribution in [3.63, 3.8) is 0 Å². The van der Waals surface area contributed by atoms with Crippen LogP contribution in [0.2, 0.25) is 0 Å². The lowest BCUT2D eigenvalue weighted by molar-refractivity contribution is 0.142. The van der Waals surface area contributed by atoms with Gasteiger partial charge in [0.1, 0.15) is 19.4 Å². The molecule has 0 aliphatic carbocycles. The summed E-state index contributed by atoms with van der Waals surface area (Å²) >= 11 is 0. The van der Waals surface area contributed by atoms with Gasteiger partial charge in [-0.05, 0) is 18.6 Å². The molecule has 0 N–H and O–H groups in total. The molecule has 1 rings (SSSR count). The van der Waals surface area contributed by atoms with E-state index < -0.39 is 17.8 Å². The molecule has 0 spiro atoms. The maximum atomic E-state index is 13.6. The van der Waals surface area contributed by atoms with E-state index in [0.717, 1.165) is 0 Å². The Labute approximate surface area is 110 Å². The monoisotopic (exact) mass is 278 g/mol. The quantitative estimate of drug-likeness (QED) is 0.684. The van der Waals surface area contributed by atoms with Gasteiger partial charge < -0.3 is 14.2 Å². The first-order valence-electron chi connectivity index (χ1n) is 5.96. The van der Waals surface area contributed by atoms with E-state index in [2.05, 4.69) is 0 Å². The van der Waals surface area contributed by atoms with Crippen molar-refractivity contribution in [2.45, 2.75) is 19.5 Å². The highest BCUT2D eigenvalue weighted by Gasteiger charge is 2.16. The summed E-state index contributed by atoms with van der Waals surface area (Å²) in [4.78, 5) is 0. The van der Waals surface area contributed by atoms with Crippen LogP contribution in [0.15, 0.2) is 12.1 Å². The third-order valence-corrected chi connectivity index (χ3v) is 2.42. The van der Waals surface area contributed by atoms with E-state index in [9.17, 15) is 13.2 Å². The van der Waals surface area contributed by atoms with Gasteiger partial charge in [-0.25, -0.2) is 4.39 Å². The Morgan fingerprint density at radius 3 is 2.16 bits per heavy atom. The summed E-state index contributed by atoms with van der Waals surface area (Å²) in [6.07, 6.45) is -0.956. The number of hydrogen-bond acceptors (Lipinski definition) is 3. The summed E-state index contributed by atoms with van der Waals surface area (Å²) in [5.74, 6) is -2.89. The van der Waals surface area contributed by atoms with Crippen LogP contribution >= 0.6 is 0 Å². The third kappa shape index (κ3) is 4.63. The molecule has 1 aromatic carbocycles. The predicted molar refractivity (Wildman–Crippen MR) is 64.4 cm³/mol. The molecule has 3 nitrogen and oxygen atoms in total. The number of benzene rings is 1. The van der Waals surface area contributed by atoms with Crippen molar-refractivity contribution in [3.8, 4) is 11.5 Å². The van der Waals surface area contributed by atoms with Crippen LogP contribution in [0.4, 0.5) is 13.2 Å². The molecule has 0 aliphatic heterocycles. The van der Waals surface area contributed by atoms with Gasteiger partial charge in [-0.3, -0.25) is 0 Å². The molecule has 0 bridgehead atoms.